The van der Waals surface area contributed by atoms with E-state index in [2.05, 4.69) is 5.32 Å². The Morgan fingerprint density at radius 2 is 1.86 bits per heavy atom. The second-order valence-electron chi connectivity index (χ2n) is 4.92. The zero-order chi connectivity index (χ0) is 16.2. The van der Waals surface area contributed by atoms with E-state index in [1.807, 2.05) is 0 Å². The van der Waals surface area contributed by atoms with Crippen molar-refractivity contribution >= 4 is 10.0 Å². The highest BCUT2D eigenvalue weighted by molar-refractivity contribution is 7.89. The molecule has 1 aromatic rings. The molecule has 0 bridgehead atoms. The van der Waals surface area contributed by atoms with Crippen LogP contribution in [0.4, 0.5) is 8.78 Å². The van der Waals surface area contributed by atoms with E-state index in [0.29, 0.717) is 6.54 Å². The first kappa shape index (κ1) is 18.0. The fraction of sp³-hybridized carbons (Fsp3) is 0.571. The smallest absolute Gasteiger partial charge is 0.246 e. The molecule has 0 amide bonds. The summed E-state index contributed by atoms with van der Waals surface area (Å²) in [5.74, 6) is -1.77. The molecular formula is C14H22F2N2O2S. The molecule has 1 aromatic carbocycles. The summed E-state index contributed by atoms with van der Waals surface area (Å²) in [5, 5.41) is 2.80. The summed E-state index contributed by atoms with van der Waals surface area (Å²) >= 11 is 0. The lowest BCUT2D eigenvalue weighted by Crippen LogP contribution is -2.37. The van der Waals surface area contributed by atoms with Crippen LogP contribution in [-0.4, -0.2) is 31.9 Å². The molecule has 0 saturated carbocycles. The normalized spacial score (nSPS) is 12.4. The number of rotatable bonds is 7. The minimum atomic E-state index is -3.98. The van der Waals surface area contributed by atoms with Crippen LogP contribution in [0.15, 0.2) is 17.0 Å². The Hall–Kier alpha value is -1.05. The Morgan fingerprint density at radius 1 is 1.24 bits per heavy atom. The molecule has 0 fully saturated rings. The molecular weight excluding hydrogens is 298 g/mol. The van der Waals surface area contributed by atoms with E-state index in [1.54, 1.807) is 27.7 Å². The van der Waals surface area contributed by atoms with Crippen molar-refractivity contribution in [3.8, 4) is 0 Å². The summed E-state index contributed by atoms with van der Waals surface area (Å²) in [6.07, 6.45) is 0. The van der Waals surface area contributed by atoms with Gasteiger partial charge in [-0.1, -0.05) is 13.8 Å². The monoisotopic (exact) mass is 320 g/mol. The average Bonchev–Trinajstić information content (AvgIpc) is 2.38. The van der Waals surface area contributed by atoms with Crippen molar-refractivity contribution in [3.63, 3.8) is 0 Å². The average molecular weight is 320 g/mol. The van der Waals surface area contributed by atoms with Crippen LogP contribution >= 0.6 is 0 Å². The van der Waals surface area contributed by atoms with Crippen molar-refractivity contribution in [1.82, 2.24) is 9.62 Å². The van der Waals surface area contributed by atoms with Crippen LogP contribution in [0.3, 0.4) is 0 Å². The molecule has 0 spiro atoms. The molecule has 0 aliphatic heterocycles. The summed E-state index contributed by atoms with van der Waals surface area (Å²) in [7, 11) is -3.98. The molecule has 4 nitrogen and oxygen atoms in total. The predicted octanol–water partition coefficient (Wildman–Crippen LogP) is 2.49. The molecule has 0 aliphatic rings. The van der Waals surface area contributed by atoms with Crippen LogP contribution in [-0.2, 0) is 16.6 Å². The maximum Gasteiger partial charge on any atom is 0.246 e. The van der Waals surface area contributed by atoms with E-state index in [0.717, 1.165) is 12.1 Å². The van der Waals surface area contributed by atoms with Crippen molar-refractivity contribution < 1.29 is 17.2 Å². The van der Waals surface area contributed by atoms with Gasteiger partial charge in [0.05, 0.1) is 0 Å². The molecule has 0 heterocycles. The van der Waals surface area contributed by atoms with E-state index in [9.17, 15) is 17.2 Å². The maximum atomic E-state index is 14.4. The molecule has 1 N–H and O–H groups in total. The third kappa shape index (κ3) is 3.78. The summed E-state index contributed by atoms with van der Waals surface area (Å²) in [6, 6.07) is 1.68. The van der Waals surface area contributed by atoms with Crippen LogP contribution in [0, 0.1) is 11.6 Å². The van der Waals surface area contributed by atoms with Gasteiger partial charge in [0.25, 0.3) is 0 Å². The van der Waals surface area contributed by atoms with Gasteiger partial charge in [0.15, 0.2) is 5.82 Å². The summed E-state index contributed by atoms with van der Waals surface area (Å²) in [4.78, 5) is -0.479. The minimum absolute atomic E-state index is 0.0503. The van der Waals surface area contributed by atoms with Crippen molar-refractivity contribution in [3.05, 3.63) is 29.3 Å². The zero-order valence-electron chi connectivity index (χ0n) is 12.8. The van der Waals surface area contributed by atoms with Gasteiger partial charge in [0, 0.05) is 24.7 Å². The standard InChI is InChI=1S/C14H22F2N2O2S/c1-5-17-9-11-12(15)7-8-13(14(11)16)21(19,20)18(6-2)10(3)4/h7-8,10,17H,5-6,9H2,1-4H3. The van der Waals surface area contributed by atoms with Crippen LogP contribution < -0.4 is 5.32 Å². The molecule has 0 aliphatic carbocycles. The first-order valence-corrected chi connectivity index (χ1v) is 8.40. The molecule has 1 rings (SSSR count). The number of nitrogens with zero attached hydrogens (tertiary/aromatic N) is 1. The highest BCUT2D eigenvalue weighted by atomic mass is 32.2. The Bertz CT molecular complexity index is 589. The SMILES string of the molecule is CCNCc1c(F)ccc(S(=O)(=O)N(CC)C(C)C)c1F. The number of hydrogen-bond acceptors (Lipinski definition) is 3. The van der Waals surface area contributed by atoms with Gasteiger partial charge in [-0.15, -0.1) is 0 Å². The summed E-state index contributed by atoms with van der Waals surface area (Å²) in [5.41, 5.74) is -0.252. The lowest BCUT2D eigenvalue weighted by Gasteiger charge is -2.25. The van der Waals surface area contributed by atoms with Gasteiger partial charge < -0.3 is 5.32 Å². The Balaban J connectivity index is 3.37. The largest absolute Gasteiger partial charge is 0.313 e. The number of nitrogens with one attached hydrogen (secondary N) is 1. The molecule has 21 heavy (non-hydrogen) atoms. The molecule has 120 valence electrons. The number of hydrogen-bond donors (Lipinski definition) is 1. The summed E-state index contributed by atoms with van der Waals surface area (Å²) in [6.45, 7) is 7.60. The highest BCUT2D eigenvalue weighted by Crippen LogP contribution is 2.25. The quantitative estimate of drug-likeness (QED) is 0.840. The van der Waals surface area contributed by atoms with Crippen LogP contribution in [0.25, 0.3) is 0 Å². The van der Waals surface area contributed by atoms with E-state index < -0.39 is 26.6 Å². The lowest BCUT2D eigenvalue weighted by atomic mass is 10.2. The van der Waals surface area contributed by atoms with Crippen LogP contribution in [0.1, 0.15) is 33.3 Å². The number of halogens is 2. The van der Waals surface area contributed by atoms with Gasteiger partial charge in [0.2, 0.25) is 10.0 Å². The Kier molecular flexibility index (Phi) is 6.24. The predicted molar refractivity (Wildman–Crippen MR) is 78.4 cm³/mol. The highest BCUT2D eigenvalue weighted by Gasteiger charge is 2.30. The van der Waals surface area contributed by atoms with Crippen molar-refractivity contribution in [2.24, 2.45) is 0 Å². The van der Waals surface area contributed by atoms with E-state index in [1.165, 1.54) is 4.31 Å². The number of sulfonamides is 1. The summed E-state index contributed by atoms with van der Waals surface area (Å²) < 4.78 is 54.3. The minimum Gasteiger partial charge on any atom is -0.313 e. The van der Waals surface area contributed by atoms with E-state index in [-0.39, 0.29) is 24.7 Å². The maximum absolute atomic E-state index is 14.4. The van der Waals surface area contributed by atoms with E-state index in [4.69, 9.17) is 0 Å². The molecule has 0 aromatic heterocycles. The van der Waals surface area contributed by atoms with Gasteiger partial charge in [-0.3, -0.25) is 0 Å². The molecule has 0 unspecified atom stereocenters. The Morgan fingerprint density at radius 3 is 2.33 bits per heavy atom. The third-order valence-electron chi connectivity index (χ3n) is 3.18. The van der Waals surface area contributed by atoms with E-state index >= 15 is 0 Å². The lowest BCUT2D eigenvalue weighted by molar-refractivity contribution is 0.366. The first-order valence-electron chi connectivity index (χ1n) is 6.96. The van der Waals surface area contributed by atoms with Crippen molar-refractivity contribution in [2.75, 3.05) is 13.1 Å². The second kappa shape index (κ2) is 7.29. The fourth-order valence-corrected chi connectivity index (χ4v) is 3.86. The molecule has 0 atom stereocenters. The third-order valence-corrected chi connectivity index (χ3v) is 5.35. The molecule has 7 heteroatoms. The van der Waals surface area contributed by atoms with Crippen LogP contribution in [0.2, 0.25) is 0 Å². The van der Waals surface area contributed by atoms with Crippen molar-refractivity contribution in [1.29, 1.82) is 0 Å². The van der Waals surface area contributed by atoms with Crippen molar-refractivity contribution in [2.45, 2.75) is 45.2 Å². The molecule has 0 saturated heterocycles. The topological polar surface area (TPSA) is 49.4 Å². The first-order chi connectivity index (χ1) is 9.77. The van der Waals surface area contributed by atoms with Crippen LogP contribution in [0.5, 0.6) is 0 Å². The molecule has 0 radical (unpaired) electrons. The van der Waals surface area contributed by atoms with Gasteiger partial charge in [-0.05, 0) is 32.5 Å². The van der Waals surface area contributed by atoms with Gasteiger partial charge in [-0.25, -0.2) is 17.2 Å². The zero-order valence-corrected chi connectivity index (χ0v) is 13.6. The van der Waals surface area contributed by atoms with Gasteiger partial charge in [0.1, 0.15) is 10.7 Å². The van der Waals surface area contributed by atoms with Gasteiger partial charge in [-0.2, -0.15) is 4.31 Å². The van der Waals surface area contributed by atoms with Gasteiger partial charge >= 0.3 is 0 Å². The number of benzene rings is 1. The second-order valence-corrected chi connectivity index (χ2v) is 6.78. The Labute approximate surface area is 125 Å². The fourth-order valence-electron chi connectivity index (χ4n) is 2.13.